The SMILES string of the molecule is N#Cc1cc(-n2c3ccccc3c3cc(-c4ccccc4)ccc32)c(-c2cc(-c3ccccc3)nc(-c3ccccc3)c2)c(-n2c3ccccc3c3cc(-c4ccccc4)ccc32)c1. The highest BCUT2D eigenvalue weighted by atomic mass is 15.0. The van der Waals surface area contributed by atoms with E-state index in [9.17, 15) is 5.26 Å². The highest BCUT2D eigenvalue weighted by Gasteiger charge is 2.25. The molecule has 9 aromatic carbocycles. The maximum Gasteiger partial charge on any atom is 0.0993 e. The van der Waals surface area contributed by atoms with Gasteiger partial charge in [0.15, 0.2) is 0 Å². The molecule has 0 amide bonds. The Kier molecular flexibility index (Phi) is 8.84. The maximum atomic E-state index is 11.0. The molecule has 298 valence electrons. The van der Waals surface area contributed by atoms with Gasteiger partial charge in [0, 0.05) is 38.2 Å². The molecule has 0 saturated carbocycles. The van der Waals surface area contributed by atoms with Crippen LogP contribution in [0.5, 0.6) is 0 Å². The number of rotatable bonds is 7. The van der Waals surface area contributed by atoms with Gasteiger partial charge in [-0.15, -0.1) is 0 Å². The van der Waals surface area contributed by atoms with Gasteiger partial charge in [0.2, 0.25) is 0 Å². The lowest BCUT2D eigenvalue weighted by Gasteiger charge is -2.22. The number of hydrogen-bond donors (Lipinski definition) is 0. The fraction of sp³-hybridized carbons (Fsp3) is 0. The molecule has 0 N–H and O–H groups in total. The van der Waals surface area contributed by atoms with Crippen molar-refractivity contribution >= 4 is 43.6 Å². The van der Waals surface area contributed by atoms with Crippen molar-refractivity contribution in [1.82, 2.24) is 14.1 Å². The largest absolute Gasteiger partial charge is 0.308 e. The lowest BCUT2D eigenvalue weighted by Crippen LogP contribution is -2.05. The van der Waals surface area contributed by atoms with E-state index in [1.807, 2.05) is 12.1 Å². The Morgan fingerprint density at radius 1 is 0.312 bits per heavy atom. The Morgan fingerprint density at radius 3 is 1.11 bits per heavy atom. The first-order valence-electron chi connectivity index (χ1n) is 21.6. The molecule has 64 heavy (non-hydrogen) atoms. The summed E-state index contributed by atoms with van der Waals surface area (Å²) in [5.74, 6) is 0. The van der Waals surface area contributed by atoms with Crippen LogP contribution in [0.4, 0.5) is 0 Å². The Balaban J connectivity index is 1.23. The van der Waals surface area contributed by atoms with Crippen LogP contribution in [0.15, 0.2) is 231 Å². The van der Waals surface area contributed by atoms with Crippen LogP contribution < -0.4 is 0 Å². The predicted octanol–water partition coefficient (Wildman–Crippen LogP) is 15.5. The molecule has 0 fully saturated rings. The molecule has 3 aromatic heterocycles. The molecule has 0 bridgehead atoms. The lowest BCUT2D eigenvalue weighted by molar-refractivity contribution is 1.13. The van der Waals surface area contributed by atoms with Crippen LogP contribution >= 0.6 is 0 Å². The second-order valence-corrected chi connectivity index (χ2v) is 16.3. The summed E-state index contributed by atoms with van der Waals surface area (Å²) in [4.78, 5) is 5.33. The minimum Gasteiger partial charge on any atom is -0.308 e. The molecule has 0 aliphatic carbocycles. The molecule has 4 nitrogen and oxygen atoms in total. The highest BCUT2D eigenvalue weighted by Crippen LogP contribution is 2.45. The van der Waals surface area contributed by atoms with E-state index in [2.05, 4.69) is 234 Å². The second-order valence-electron chi connectivity index (χ2n) is 16.3. The zero-order valence-corrected chi connectivity index (χ0v) is 34.7. The molecule has 0 radical (unpaired) electrons. The first-order chi connectivity index (χ1) is 31.7. The third-order valence-corrected chi connectivity index (χ3v) is 12.5. The Morgan fingerprint density at radius 2 is 0.688 bits per heavy atom. The normalized spacial score (nSPS) is 11.4. The Hall–Kier alpha value is -8.78. The van der Waals surface area contributed by atoms with Gasteiger partial charge in [-0.1, -0.05) is 170 Å². The molecule has 0 aliphatic rings. The molecule has 4 heteroatoms. The molecular weight excluding hydrogens is 777 g/mol. The average Bonchev–Trinajstić information content (AvgIpc) is 3.89. The topological polar surface area (TPSA) is 46.5 Å². The van der Waals surface area contributed by atoms with Crippen LogP contribution in [0.3, 0.4) is 0 Å². The number of benzene rings is 9. The Bertz CT molecular complexity index is 3530. The van der Waals surface area contributed by atoms with Crippen molar-refractivity contribution < 1.29 is 0 Å². The fourth-order valence-corrected chi connectivity index (χ4v) is 9.60. The van der Waals surface area contributed by atoms with Crippen LogP contribution in [-0.4, -0.2) is 14.1 Å². The molecule has 0 unspecified atom stereocenters. The van der Waals surface area contributed by atoms with Crippen LogP contribution in [-0.2, 0) is 0 Å². The highest BCUT2D eigenvalue weighted by molar-refractivity contribution is 6.13. The van der Waals surface area contributed by atoms with Crippen molar-refractivity contribution in [3.05, 3.63) is 236 Å². The summed E-state index contributed by atoms with van der Waals surface area (Å²) in [6, 6.07) is 83.9. The summed E-state index contributed by atoms with van der Waals surface area (Å²) in [5, 5.41) is 15.6. The van der Waals surface area contributed by atoms with E-state index in [0.29, 0.717) is 5.56 Å². The third kappa shape index (κ3) is 6.18. The van der Waals surface area contributed by atoms with E-state index in [-0.39, 0.29) is 0 Å². The smallest absolute Gasteiger partial charge is 0.0993 e. The first-order valence-corrected chi connectivity index (χ1v) is 21.6. The van der Waals surface area contributed by atoms with Crippen molar-refractivity contribution in [2.24, 2.45) is 0 Å². The summed E-state index contributed by atoms with van der Waals surface area (Å²) in [6.07, 6.45) is 0. The van der Waals surface area contributed by atoms with Gasteiger partial charge in [0.25, 0.3) is 0 Å². The number of nitriles is 1. The van der Waals surface area contributed by atoms with Gasteiger partial charge in [-0.05, 0) is 88.5 Å². The monoisotopic (exact) mass is 814 g/mol. The quantitative estimate of drug-likeness (QED) is 0.161. The summed E-state index contributed by atoms with van der Waals surface area (Å²) in [5.41, 5.74) is 17.0. The van der Waals surface area contributed by atoms with E-state index in [1.165, 1.54) is 0 Å². The van der Waals surface area contributed by atoms with E-state index < -0.39 is 0 Å². The molecule has 0 atom stereocenters. The number of para-hydroxylation sites is 2. The zero-order chi connectivity index (χ0) is 42.6. The van der Waals surface area contributed by atoms with Crippen molar-refractivity contribution in [1.29, 1.82) is 5.26 Å². The predicted molar refractivity (Wildman–Crippen MR) is 265 cm³/mol. The molecule has 0 saturated heterocycles. The number of hydrogen-bond acceptors (Lipinski definition) is 2. The zero-order valence-electron chi connectivity index (χ0n) is 34.7. The summed E-state index contributed by atoms with van der Waals surface area (Å²) >= 11 is 0. The van der Waals surface area contributed by atoms with E-state index in [0.717, 1.165) is 111 Å². The van der Waals surface area contributed by atoms with Crippen LogP contribution in [0.25, 0.3) is 111 Å². The van der Waals surface area contributed by atoms with Gasteiger partial charge in [0.1, 0.15) is 0 Å². The molecule has 0 aliphatic heterocycles. The van der Waals surface area contributed by atoms with Gasteiger partial charge < -0.3 is 9.13 Å². The summed E-state index contributed by atoms with van der Waals surface area (Å²) < 4.78 is 4.73. The summed E-state index contributed by atoms with van der Waals surface area (Å²) in [7, 11) is 0. The van der Waals surface area contributed by atoms with Crippen LogP contribution in [0.1, 0.15) is 5.56 Å². The Labute approximate surface area is 370 Å². The molecule has 3 heterocycles. The van der Waals surface area contributed by atoms with Crippen molar-refractivity contribution in [2.45, 2.75) is 0 Å². The van der Waals surface area contributed by atoms with Gasteiger partial charge in [-0.25, -0.2) is 4.98 Å². The van der Waals surface area contributed by atoms with E-state index >= 15 is 0 Å². The lowest BCUT2D eigenvalue weighted by atomic mass is 9.95. The molecule has 0 spiro atoms. The van der Waals surface area contributed by atoms with E-state index in [1.54, 1.807) is 0 Å². The van der Waals surface area contributed by atoms with E-state index in [4.69, 9.17) is 4.98 Å². The standard InChI is InChI=1S/C60H38N4/c61-39-40-33-58(63-54-27-15-13-25-48(54)50-35-45(29-31-56(50)63)41-17-5-1-6-18-41)60(47-37-52(43-21-9-3-10-22-43)62-53(38-47)44-23-11-4-12-24-44)59(34-40)64-55-28-16-14-26-49(55)51-36-46(30-32-57(51)64)42-19-7-2-8-20-42/h1-38H. The second kappa shape index (κ2) is 15.3. The van der Waals surface area contributed by atoms with Gasteiger partial charge in [-0.3, -0.25) is 0 Å². The van der Waals surface area contributed by atoms with Crippen molar-refractivity contribution in [3.8, 4) is 73.3 Å². The number of nitrogens with zero attached hydrogens (tertiary/aromatic N) is 4. The fourth-order valence-electron chi connectivity index (χ4n) is 9.60. The van der Waals surface area contributed by atoms with Gasteiger partial charge in [0.05, 0.1) is 56.5 Å². The van der Waals surface area contributed by atoms with Gasteiger partial charge in [-0.2, -0.15) is 5.26 Å². The number of aromatic nitrogens is 3. The van der Waals surface area contributed by atoms with Crippen molar-refractivity contribution in [2.75, 3.05) is 0 Å². The average molecular weight is 815 g/mol. The number of pyridine rings is 1. The van der Waals surface area contributed by atoms with Crippen LogP contribution in [0, 0.1) is 11.3 Å². The third-order valence-electron chi connectivity index (χ3n) is 12.5. The van der Waals surface area contributed by atoms with Gasteiger partial charge >= 0.3 is 0 Å². The first kappa shape index (κ1) is 37.0. The minimum absolute atomic E-state index is 0.563. The van der Waals surface area contributed by atoms with Crippen molar-refractivity contribution in [3.63, 3.8) is 0 Å². The summed E-state index contributed by atoms with van der Waals surface area (Å²) in [6.45, 7) is 0. The number of fused-ring (bicyclic) bond motifs is 6. The molecular formula is C60H38N4. The molecule has 12 aromatic rings. The maximum absolute atomic E-state index is 11.0. The minimum atomic E-state index is 0.563. The van der Waals surface area contributed by atoms with Crippen LogP contribution in [0.2, 0.25) is 0 Å². The molecule has 12 rings (SSSR count).